The molecule has 29 heteroatoms. The summed E-state index contributed by atoms with van der Waals surface area (Å²) in [5.41, 5.74) is 0.700. The normalized spacial score (nSPS) is 26.4. The number of nitrogens with one attached hydrogen (secondary N) is 2. The third-order valence-electron chi connectivity index (χ3n) is 18.3. The zero-order valence-corrected chi connectivity index (χ0v) is 60.3. The smallest absolute Gasteiger partial charge is 0.306 e. The van der Waals surface area contributed by atoms with E-state index in [2.05, 4.69) is 24.5 Å². The summed E-state index contributed by atoms with van der Waals surface area (Å²) in [6.07, 6.45) is 8.50. The summed E-state index contributed by atoms with van der Waals surface area (Å²) >= 11 is 0. The number of phosphoric ester groups is 1. The topological polar surface area (TPSA) is 427 Å². The van der Waals surface area contributed by atoms with Gasteiger partial charge < -0.3 is 114 Å². The van der Waals surface area contributed by atoms with Crippen molar-refractivity contribution in [2.24, 2.45) is 0 Å². The Morgan fingerprint density at radius 3 is 1.39 bits per heavy atom. The summed E-state index contributed by atoms with van der Waals surface area (Å²) in [5.74, 6) is -1.97. The van der Waals surface area contributed by atoms with Crippen LogP contribution in [0.3, 0.4) is 0 Å². The molecule has 0 aromatic heterocycles. The van der Waals surface area contributed by atoms with Crippen LogP contribution in [0.2, 0.25) is 0 Å². The Bertz CT molecular complexity index is 2370. The van der Waals surface area contributed by atoms with Crippen LogP contribution in [0.5, 0.6) is 5.75 Å². The second-order valence-corrected chi connectivity index (χ2v) is 28.2. The molecular formula is C71H124N2O26P-. The van der Waals surface area contributed by atoms with E-state index in [4.69, 9.17) is 46.9 Å². The van der Waals surface area contributed by atoms with Crippen molar-refractivity contribution in [3.05, 3.63) is 29.8 Å². The highest BCUT2D eigenvalue weighted by Crippen LogP contribution is 2.38. The van der Waals surface area contributed by atoms with Crippen molar-refractivity contribution < 1.29 is 127 Å². The monoisotopic (exact) mass is 1450 g/mol. The Kier molecular flexibility index (Phi) is 46.5. The van der Waals surface area contributed by atoms with Crippen LogP contribution in [0.1, 0.15) is 238 Å². The van der Waals surface area contributed by atoms with Crippen LogP contribution in [0, 0.1) is 0 Å². The molecule has 1 aromatic rings. The highest BCUT2D eigenvalue weighted by atomic mass is 31.2. The molecule has 580 valence electrons. The Morgan fingerprint density at radius 1 is 0.480 bits per heavy atom. The molecule has 0 radical (unpaired) electrons. The van der Waals surface area contributed by atoms with E-state index in [1.165, 1.54) is 147 Å². The second-order valence-electron chi connectivity index (χ2n) is 26.8. The standard InChI is InChI=1S/C71H125N2O26P/c1-3-5-7-9-11-13-15-17-19-21-23-25-27-29-31-33-58(78)90-47-52(94-59(79)34-32-30-28-26-24-22-20-18-16-14-12-10-8-6-4-2)48-93-100(88,89)92-44-43-73-57(77)40-39-56(76)72-42-41-50-35-37-51(38-36-50)95-71-67(87)68(99-70-66(86)64(84)61(81)54(46-75)97-70)62(82)55(98-71)49-91-69-65(85)63(83)60(80)53(45-74)96-69/h35-38,52-55,60-71,74-75,80-87H,3-34,39-49H2,1-2H3,(H,72,76)(H,73,77)(H,88,89)/p-1/t52?,53?,54?,55?,60-,61+,62-,63+,64-,65?,66?,67?,68+,69+,70+,71+/m1/s1. The van der Waals surface area contributed by atoms with Crippen molar-refractivity contribution >= 4 is 31.6 Å². The number of carbonyl (C=O) groups is 4. The van der Waals surface area contributed by atoms with Gasteiger partial charge in [-0.1, -0.05) is 206 Å². The fraction of sp³-hybridized carbons (Fsp3) is 0.859. The highest BCUT2D eigenvalue weighted by molar-refractivity contribution is 7.45. The molecule has 28 nitrogen and oxygen atoms in total. The van der Waals surface area contributed by atoms with Crippen LogP contribution < -0.4 is 20.3 Å². The molecule has 12 N–H and O–H groups in total. The van der Waals surface area contributed by atoms with Crippen molar-refractivity contribution in [3.63, 3.8) is 0 Å². The molecule has 0 aliphatic carbocycles. The molecule has 17 atom stereocenters. The molecule has 8 unspecified atom stereocenters. The summed E-state index contributed by atoms with van der Waals surface area (Å²) in [6, 6.07) is 6.25. The summed E-state index contributed by atoms with van der Waals surface area (Å²) in [7, 11) is -5.01. The van der Waals surface area contributed by atoms with Gasteiger partial charge in [-0.25, -0.2) is 0 Å². The molecule has 0 saturated carbocycles. The van der Waals surface area contributed by atoms with Crippen LogP contribution >= 0.6 is 7.82 Å². The maximum atomic E-state index is 13.0. The largest absolute Gasteiger partial charge is 0.756 e. The number of hydrogen-bond acceptors (Lipinski definition) is 26. The maximum Gasteiger partial charge on any atom is 0.306 e. The molecule has 4 rings (SSSR count). The Morgan fingerprint density at radius 2 is 0.910 bits per heavy atom. The van der Waals surface area contributed by atoms with Crippen molar-refractivity contribution in [2.75, 3.05) is 52.7 Å². The number of ether oxygens (including phenoxy) is 8. The summed E-state index contributed by atoms with van der Waals surface area (Å²) in [5, 5.41) is 110. The maximum absolute atomic E-state index is 13.0. The molecule has 1 aromatic carbocycles. The third-order valence-corrected chi connectivity index (χ3v) is 19.3. The average molecular weight is 1450 g/mol. The van der Waals surface area contributed by atoms with Crippen molar-refractivity contribution in [1.82, 2.24) is 10.6 Å². The average Bonchev–Trinajstić information content (AvgIpc) is 0.795. The number of esters is 2. The fourth-order valence-electron chi connectivity index (χ4n) is 12.1. The van der Waals surface area contributed by atoms with Gasteiger partial charge in [-0.3, -0.25) is 23.7 Å². The molecule has 3 aliphatic rings. The first-order valence-electron chi connectivity index (χ1n) is 37.4. The number of rotatable bonds is 57. The molecule has 2 amide bonds. The zero-order chi connectivity index (χ0) is 72.9. The van der Waals surface area contributed by atoms with E-state index in [1.54, 1.807) is 12.1 Å². The number of amides is 2. The van der Waals surface area contributed by atoms with Gasteiger partial charge in [0.15, 0.2) is 18.7 Å². The second kappa shape index (κ2) is 52.4. The molecule has 0 spiro atoms. The van der Waals surface area contributed by atoms with Crippen LogP contribution in [-0.4, -0.2) is 226 Å². The lowest BCUT2D eigenvalue weighted by atomic mass is 9.96. The summed E-state index contributed by atoms with van der Waals surface area (Å²) in [4.78, 5) is 63.9. The summed E-state index contributed by atoms with van der Waals surface area (Å²) in [6.45, 7) is 0.545. The first-order valence-corrected chi connectivity index (χ1v) is 38.8. The van der Waals surface area contributed by atoms with Gasteiger partial charge >= 0.3 is 11.9 Å². The van der Waals surface area contributed by atoms with Crippen molar-refractivity contribution in [2.45, 2.75) is 337 Å². The Hall–Kier alpha value is -3.59. The summed E-state index contributed by atoms with van der Waals surface area (Å²) < 4.78 is 67.9. The van der Waals surface area contributed by atoms with Crippen molar-refractivity contribution in [3.8, 4) is 5.75 Å². The van der Waals surface area contributed by atoms with E-state index in [1.807, 2.05) is 0 Å². The Balaban J connectivity index is 1.17. The fourth-order valence-corrected chi connectivity index (χ4v) is 12.8. The molecule has 0 bridgehead atoms. The highest BCUT2D eigenvalue weighted by Gasteiger charge is 2.52. The minimum Gasteiger partial charge on any atom is -0.756 e. The van der Waals surface area contributed by atoms with Gasteiger partial charge in [-0.05, 0) is 37.0 Å². The zero-order valence-electron chi connectivity index (χ0n) is 59.4. The molecule has 100 heavy (non-hydrogen) atoms. The number of aliphatic hydroxyl groups excluding tert-OH is 10. The lowest BCUT2D eigenvalue weighted by molar-refractivity contribution is -0.358. The van der Waals surface area contributed by atoms with Gasteiger partial charge in [0, 0.05) is 38.8 Å². The minimum absolute atomic E-state index is 0.108. The van der Waals surface area contributed by atoms with Crippen molar-refractivity contribution in [1.29, 1.82) is 0 Å². The van der Waals surface area contributed by atoms with E-state index in [-0.39, 0.29) is 44.5 Å². The predicted molar refractivity (Wildman–Crippen MR) is 365 cm³/mol. The Labute approximate surface area is 591 Å². The SMILES string of the molecule is CCCCCCCCCCCCCCCCCC(=O)OCC(COP(=O)([O-])OCCNC(=O)CCC(=O)NCCc1ccc(O[C@H]2OC(CO[C@H]3OC(CO)[C@@H](O)[C@H](O)C3O)[C@@H](O)[C@H](O[C@@H]3OC(CO)[C@H](O)[C@@H](O)C3O)C2O)cc1)OC(=O)CCCCCCCCCCCCCCCCC. The molecule has 3 aliphatic heterocycles. The van der Waals surface area contributed by atoms with Gasteiger partial charge in [-0.15, -0.1) is 0 Å². The molecule has 3 saturated heterocycles. The van der Waals surface area contributed by atoms with E-state index in [0.717, 1.165) is 44.9 Å². The van der Waals surface area contributed by atoms with Crippen LogP contribution in [0.4, 0.5) is 0 Å². The number of unbranched alkanes of at least 4 members (excludes halogenated alkanes) is 28. The number of hydrogen-bond donors (Lipinski definition) is 12. The number of phosphoric acid groups is 1. The lowest BCUT2D eigenvalue weighted by Crippen LogP contribution is -2.65. The van der Waals surface area contributed by atoms with Gasteiger partial charge in [-0.2, -0.15) is 0 Å². The van der Waals surface area contributed by atoms with Crippen LogP contribution in [-0.2, 0) is 72.4 Å². The van der Waals surface area contributed by atoms with Gasteiger partial charge in [0.05, 0.1) is 33.0 Å². The molecular weight excluding hydrogens is 1330 g/mol. The first-order chi connectivity index (χ1) is 48.2. The lowest BCUT2D eigenvalue weighted by Gasteiger charge is -2.46. The van der Waals surface area contributed by atoms with Crippen LogP contribution in [0.15, 0.2) is 24.3 Å². The number of aliphatic hydroxyl groups is 10. The van der Waals surface area contributed by atoms with Gasteiger partial charge in [0.2, 0.25) is 18.1 Å². The first kappa shape index (κ1) is 88.8. The van der Waals surface area contributed by atoms with E-state index in [0.29, 0.717) is 24.8 Å². The van der Waals surface area contributed by atoms with E-state index >= 15 is 0 Å². The number of benzene rings is 1. The van der Waals surface area contributed by atoms with Gasteiger partial charge in [0.25, 0.3) is 7.82 Å². The molecule has 3 fully saturated rings. The van der Waals surface area contributed by atoms with Crippen LogP contribution in [0.25, 0.3) is 0 Å². The number of carbonyl (C=O) groups excluding carboxylic acids is 4. The predicted octanol–water partition coefficient (Wildman–Crippen LogP) is 5.55. The minimum atomic E-state index is -5.01. The van der Waals surface area contributed by atoms with Gasteiger partial charge in [0.1, 0.15) is 85.6 Å². The third kappa shape index (κ3) is 35.9. The molecule has 3 heterocycles. The van der Waals surface area contributed by atoms with E-state index in [9.17, 15) is 79.7 Å². The van der Waals surface area contributed by atoms with E-state index < -0.39 is 169 Å². The quantitative estimate of drug-likeness (QED) is 0.0216.